The van der Waals surface area contributed by atoms with E-state index in [-0.39, 0.29) is 6.54 Å². The van der Waals surface area contributed by atoms with Gasteiger partial charge in [-0.2, -0.15) is 13.2 Å². The molecule has 3 rings (SSSR count). The summed E-state index contributed by atoms with van der Waals surface area (Å²) < 4.78 is 49.7. The van der Waals surface area contributed by atoms with Crippen LogP contribution in [0.5, 0.6) is 0 Å². The van der Waals surface area contributed by atoms with Crippen LogP contribution in [-0.4, -0.2) is 47.4 Å². The summed E-state index contributed by atoms with van der Waals surface area (Å²) in [4.78, 5) is 25.9. The highest BCUT2D eigenvalue weighted by atomic mass is 19.4. The second kappa shape index (κ2) is 7.42. The Morgan fingerprint density at radius 1 is 1.34 bits per heavy atom. The monoisotopic (exact) mass is 414 g/mol. The van der Waals surface area contributed by atoms with Gasteiger partial charge in [0.1, 0.15) is 11.7 Å². The number of ether oxygens (including phenoxy) is 2. The predicted octanol–water partition coefficient (Wildman–Crippen LogP) is 4.13. The molecule has 2 aliphatic rings. The van der Waals surface area contributed by atoms with Crippen LogP contribution in [0.3, 0.4) is 0 Å². The first-order valence-electron chi connectivity index (χ1n) is 9.51. The number of nitrogens with zero attached hydrogens (tertiary/aromatic N) is 1. The maximum Gasteiger partial charge on any atom is 0.416 e. The fraction of sp³-hybridized carbons (Fsp3) is 0.600. The van der Waals surface area contributed by atoms with Gasteiger partial charge in [-0.05, 0) is 45.2 Å². The van der Waals surface area contributed by atoms with Crippen LogP contribution in [0, 0.1) is 0 Å². The number of benzene rings is 1. The van der Waals surface area contributed by atoms with Crippen molar-refractivity contribution in [3.63, 3.8) is 0 Å². The van der Waals surface area contributed by atoms with Crippen molar-refractivity contribution in [1.29, 1.82) is 0 Å². The molecule has 160 valence electrons. The molecule has 9 heteroatoms. The first-order valence-corrected chi connectivity index (χ1v) is 9.51. The highest BCUT2D eigenvalue weighted by Gasteiger charge is 2.52. The summed E-state index contributed by atoms with van der Waals surface area (Å²) in [6, 6.07) is 5.12. The SMILES string of the molecule is CC(C)(C)OC(=O)N1CCC2OC(=O)NC2(CCc2cccc(C(F)(F)F)c2)C1. The number of hydrogen-bond donors (Lipinski definition) is 1. The van der Waals surface area contributed by atoms with E-state index < -0.39 is 41.2 Å². The Balaban J connectivity index is 1.75. The lowest BCUT2D eigenvalue weighted by atomic mass is 9.81. The van der Waals surface area contributed by atoms with Gasteiger partial charge < -0.3 is 19.7 Å². The lowest BCUT2D eigenvalue weighted by Gasteiger charge is -2.42. The summed E-state index contributed by atoms with van der Waals surface area (Å²) in [6.07, 6.45) is -4.86. The number of hydrogen-bond acceptors (Lipinski definition) is 4. The molecule has 2 unspecified atom stereocenters. The van der Waals surface area contributed by atoms with Gasteiger partial charge in [-0.3, -0.25) is 0 Å². The maximum absolute atomic E-state index is 13.0. The molecule has 0 saturated carbocycles. The van der Waals surface area contributed by atoms with Crippen LogP contribution in [0.4, 0.5) is 22.8 Å². The van der Waals surface area contributed by atoms with Gasteiger partial charge in [-0.1, -0.05) is 18.2 Å². The molecule has 2 heterocycles. The molecule has 29 heavy (non-hydrogen) atoms. The zero-order valence-corrected chi connectivity index (χ0v) is 16.6. The van der Waals surface area contributed by atoms with Crippen molar-refractivity contribution in [2.45, 2.75) is 63.5 Å². The van der Waals surface area contributed by atoms with Gasteiger partial charge in [0, 0.05) is 13.0 Å². The number of piperidine rings is 1. The normalized spacial score (nSPS) is 24.6. The van der Waals surface area contributed by atoms with E-state index in [0.717, 1.165) is 12.1 Å². The molecular formula is C20H25F3N2O4. The van der Waals surface area contributed by atoms with E-state index in [9.17, 15) is 22.8 Å². The number of carbonyl (C=O) groups is 2. The van der Waals surface area contributed by atoms with Gasteiger partial charge in [0.25, 0.3) is 0 Å². The zero-order chi connectivity index (χ0) is 21.4. The molecule has 2 amide bonds. The average Bonchev–Trinajstić information content (AvgIpc) is 2.93. The van der Waals surface area contributed by atoms with Crippen LogP contribution < -0.4 is 5.32 Å². The Hall–Kier alpha value is -2.45. The number of rotatable bonds is 3. The summed E-state index contributed by atoms with van der Waals surface area (Å²) in [5.74, 6) is 0. The lowest BCUT2D eigenvalue weighted by Crippen LogP contribution is -2.62. The molecule has 2 fully saturated rings. The van der Waals surface area contributed by atoms with Crippen molar-refractivity contribution in [3.05, 3.63) is 35.4 Å². The van der Waals surface area contributed by atoms with Crippen molar-refractivity contribution < 1.29 is 32.2 Å². The van der Waals surface area contributed by atoms with Gasteiger partial charge in [0.2, 0.25) is 0 Å². The summed E-state index contributed by atoms with van der Waals surface area (Å²) in [5.41, 5.74) is -1.73. The molecule has 0 spiro atoms. The molecule has 6 nitrogen and oxygen atoms in total. The maximum atomic E-state index is 13.0. The van der Waals surface area contributed by atoms with Crippen LogP contribution in [-0.2, 0) is 22.1 Å². The van der Waals surface area contributed by atoms with Crippen LogP contribution >= 0.6 is 0 Å². The molecular weight excluding hydrogens is 389 g/mol. The molecule has 2 atom stereocenters. The molecule has 2 saturated heterocycles. The number of fused-ring (bicyclic) bond motifs is 1. The van der Waals surface area contributed by atoms with E-state index in [1.165, 1.54) is 11.0 Å². The van der Waals surface area contributed by atoms with E-state index in [2.05, 4.69) is 5.32 Å². The van der Waals surface area contributed by atoms with Gasteiger partial charge in [0.05, 0.1) is 17.6 Å². The Morgan fingerprint density at radius 3 is 2.72 bits per heavy atom. The van der Waals surface area contributed by atoms with E-state index >= 15 is 0 Å². The number of halogens is 3. The topological polar surface area (TPSA) is 67.9 Å². The van der Waals surface area contributed by atoms with Crippen LogP contribution in [0.1, 0.15) is 44.7 Å². The smallest absolute Gasteiger partial charge is 0.416 e. The largest absolute Gasteiger partial charge is 0.444 e. The Morgan fingerprint density at radius 2 is 2.07 bits per heavy atom. The van der Waals surface area contributed by atoms with E-state index in [1.807, 2.05) is 0 Å². The van der Waals surface area contributed by atoms with Crippen molar-refractivity contribution in [1.82, 2.24) is 10.2 Å². The van der Waals surface area contributed by atoms with Crippen molar-refractivity contribution in [2.75, 3.05) is 13.1 Å². The second-order valence-electron chi connectivity index (χ2n) is 8.56. The first kappa shape index (κ1) is 21.3. The molecule has 0 aliphatic carbocycles. The number of likely N-dealkylation sites (tertiary alicyclic amines) is 1. The van der Waals surface area contributed by atoms with Crippen molar-refractivity contribution in [2.24, 2.45) is 0 Å². The van der Waals surface area contributed by atoms with Gasteiger partial charge in [-0.15, -0.1) is 0 Å². The fourth-order valence-corrected chi connectivity index (χ4v) is 3.78. The molecule has 1 aromatic rings. The van der Waals surface area contributed by atoms with Crippen LogP contribution in [0.15, 0.2) is 24.3 Å². The number of amides is 2. The quantitative estimate of drug-likeness (QED) is 0.808. The Labute approximate surface area is 167 Å². The molecule has 0 aromatic heterocycles. The predicted molar refractivity (Wildman–Crippen MR) is 98.3 cm³/mol. The summed E-state index contributed by atoms with van der Waals surface area (Å²) >= 11 is 0. The number of carbonyl (C=O) groups excluding carboxylic acids is 2. The van der Waals surface area contributed by atoms with Crippen molar-refractivity contribution >= 4 is 12.2 Å². The number of nitrogens with one attached hydrogen (secondary N) is 1. The summed E-state index contributed by atoms with van der Waals surface area (Å²) in [6.45, 7) is 5.85. The third-order valence-electron chi connectivity index (χ3n) is 5.12. The summed E-state index contributed by atoms with van der Waals surface area (Å²) in [5, 5.41) is 2.80. The van der Waals surface area contributed by atoms with Crippen LogP contribution in [0.25, 0.3) is 0 Å². The number of aryl methyl sites for hydroxylation is 1. The minimum absolute atomic E-state index is 0.178. The molecule has 2 aliphatic heterocycles. The van der Waals surface area contributed by atoms with Gasteiger partial charge in [0.15, 0.2) is 0 Å². The third kappa shape index (κ3) is 4.94. The Bertz CT molecular complexity index is 791. The number of alkyl halides is 3. The molecule has 0 bridgehead atoms. The second-order valence-corrected chi connectivity index (χ2v) is 8.56. The lowest BCUT2D eigenvalue weighted by molar-refractivity contribution is -0.137. The highest BCUT2D eigenvalue weighted by Crippen LogP contribution is 2.35. The molecule has 1 N–H and O–H groups in total. The summed E-state index contributed by atoms with van der Waals surface area (Å²) in [7, 11) is 0. The first-order chi connectivity index (χ1) is 13.4. The van der Waals surface area contributed by atoms with E-state index in [0.29, 0.717) is 31.4 Å². The molecule has 0 radical (unpaired) electrons. The van der Waals surface area contributed by atoms with Crippen LogP contribution in [0.2, 0.25) is 0 Å². The fourth-order valence-electron chi connectivity index (χ4n) is 3.78. The van der Waals surface area contributed by atoms with E-state index in [4.69, 9.17) is 9.47 Å². The minimum atomic E-state index is -4.42. The Kier molecular flexibility index (Phi) is 5.44. The third-order valence-corrected chi connectivity index (χ3v) is 5.12. The van der Waals surface area contributed by atoms with Crippen molar-refractivity contribution in [3.8, 4) is 0 Å². The van der Waals surface area contributed by atoms with Gasteiger partial charge in [-0.25, -0.2) is 9.59 Å². The van der Waals surface area contributed by atoms with E-state index in [1.54, 1.807) is 26.8 Å². The van der Waals surface area contributed by atoms with Gasteiger partial charge >= 0.3 is 18.4 Å². The number of alkyl carbamates (subject to hydrolysis) is 1. The highest BCUT2D eigenvalue weighted by molar-refractivity contribution is 5.73. The zero-order valence-electron chi connectivity index (χ0n) is 16.6. The average molecular weight is 414 g/mol. The minimum Gasteiger partial charge on any atom is -0.444 e. The standard InChI is InChI=1S/C20H25F3N2O4/c1-18(2,3)29-17(27)25-10-8-15-19(12-25,24-16(26)28-15)9-7-13-5-4-6-14(11-13)20(21,22)23/h4-6,11,15H,7-10,12H2,1-3H3,(H,24,26). The molecule has 1 aromatic carbocycles.